The Labute approximate surface area is 132 Å². The van der Waals surface area contributed by atoms with Crippen LogP contribution >= 0.6 is 0 Å². The summed E-state index contributed by atoms with van der Waals surface area (Å²) in [5, 5.41) is 13.3. The zero-order chi connectivity index (χ0) is 16.2. The molecule has 1 heterocycles. The van der Waals surface area contributed by atoms with Gasteiger partial charge in [-0.05, 0) is 43.0 Å². The Hall–Kier alpha value is -3.09. The molecule has 2 aromatic rings. The Morgan fingerprint density at radius 2 is 2.00 bits per heavy atom. The molecule has 0 atom stereocenters. The van der Waals surface area contributed by atoms with Gasteiger partial charge in [0.2, 0.25) is 5.91 Å². The number of aryl methyl sites for hydroxylation is 1. The van der Waals surface area contributed by atoms with Crippen LogP contribution in [0.3, 0.4) is 0 Å². The Bertz CT molecular complexity index is 784. The summed E-state index contributed by atoms with van der Waals surface area (Å²) in [6.07, 6.45) is 7.25. The highest BCUT2D eigenvalue weighted by molar-refractivity contribution is 6.01. The number of carbonyl (C=O) groups is 1. The number of anilines is 1. The molecule has 0 saturated heterocycles. The first kappa shape index (κ1) is 14.8. The third-order valence-corrected chi connectivity index (χ3v) is 3.65. The first-order valence-corrected chi connectivity index (χ1v) is 7.20. The van der Waals surface area contributed by atoms with Crippen molar-refractivity contribution in [2.24, 2.45) is 0 Å². The number of nitro benzene ring substituents is 1. The fourth-order valence-electron chi connectivity index (χ4n) is 2.50. The topological polar surface area (TPSA) is 98.0 Å². The summed E-state index contributed by atoms with van der Waals surface area (Å²) in [5.74, 6) is 0.266. The molecule has 1 aromatic heterocycles. The van der Waals surface area contributed by atoms with Crippen molar-refractivity contribution in [3.05, 3.63) is 63.6 Å². The van der Waals surface area contributed by atoms with Gasteiger partial charge in [-0.1, -0.05) is 0 Å². The monoisotopic (exact) mass is 310 g/mol. The van der Waals surface area contributed by atoms with Crippen molar-refractivity contribution in [3.8, 4) is 0 Å². The second kappa shape index (κ2) is 6.35. The molecule has 116 valence electrons. The van der Waals surface area contributed by atoms with Gasteiger partial charge in [-0.2, -0.15) is 0 Å². The molecule has 1 N–H and O–H groups in total. The third kappa shape index (κ3) is 3.39. The van der Waals surface area contributed by atoms with E-state index in [4.69, 9.17) is 0 Å². The molecule has 1 aliphatic carbocycles. The molecule has 1 aromatic carbocycles. The van der Waals surface area contributed by atoms with Gasteiger partial charge in [0.25, 0.3) is 5.69 Å². The first-order valence-electron chi connectivity index (χ1n) is 7.20. The van der Waals surface area contributed by atoms with E-state index in [1.165, 1.54) is 24.5 Å². The van der Waals surface area contributed by atoms with E-state index in [1.807, 2.05) is 0 Å². The summed E-state index contributed by atoms with van der Waals surface area (Å²) in [7, 11) is 0. The molecule has 1 amide bonds. The number of benzene rings is 1. The lowest BCUT2D eigenvalue weighted by molar-refractivity contribution is -0.384. The Balaban J connectivity index is 1.67. The lowest BCUT2D eigenvalue weighted by Gasteiger charge is -2.06. The third-order valence-electron chi connectivity index (χ3n) is 3.65. The van der Waals surface area contributed by atoms with Crippen LogP contribution in [0.1, 0.15) is 23.2 Å². The molecule has 0 unspecified atom stereocenters. The summed E-state index contributed by atoms with van der Waals surface area (Å²) >= 11 is 0. The van der Waals surface area contributed by atoms with Gasteiger partial charge in [-0.25, -0.2) is 9.97 Å². The molecule has 7 heteroatoms. The molecule has 1 aliphatic rings. The molecule has 0 aliphatic heterocycles. The maximum Gasteiger partial charge on any atom is 0.269 e. The zero-order valence-electron chi connectivity index (χ0n) is 12.2. The number of carbonyl (C=O) groups excluding carboxylic acids is 1. The van der Waals surface area contributed by atoms with Gasteiger partial charge in [0, 0.05) is 29.5 Å². The number of hydrogen-bond donors (Lipinski definition) is 1. The van der Waals surface area contributed by atoms with Crippen molar-refractivity contribution in [2.75, 3.05) is 5.32 Å². The van der Waals surface area contributed by atoms with Crippen LogP contribution in [0.2, 0.25) is 0 Å². The number of amides is 1. The maximum atomic E-state index is 12.0. The Kier molecular flexibility index (Phi) is 4.09. The van der Waals surface area contributed by atoms with E-state index in [2.05, 4.69) is 15.3 Å². The number of nitrogens with zero attached hydrogens (tertiary/aromatic N) is 3. The molecule has 0 saturated carbocycles. The fourth-order valence-corrected chi connectivity index (χ4v) is 2.50. The van der Waals surface area contributed by atoms with Gasteiger partial charge >= 0.3 is 0 Å². The molecule has 3 rings (SSSR count). The largest absolute Gasteiger partial charge is 0.307 e. The van der Waals surface area contributed by atoms with E-state index in [0.717, 1.165) is 30.5 Å². The predicted molar refractivity (Wildman–Crippen MR) is 84.8 cm³/mol. The van der Waals surface area contributed by atoms with Crippen molar-refractivity contribution >= 4 is 23.5 Å². The number of fused-ring (bicyclic) bond motifs is 1. The smallest absolute Gasteiger partial charge is 0.269 e. The minimum Gasteiger partial charge on any atom is -0.307 e. The molecule has 0 spiro atoms. The van der Waals surface area contributed by atoms with E-state index in [1.54, 1.807) is 18.2 Å². The summed E-state index contributed by atoms with van der Waals surface area (Å²) < 4.78 is 0. The van der Waals surface area contributed by atoms with Crippen LogP contribution in [0.4, 0.5) is 11.5 Å². The first-order chi connectivity index (χ1) is 11.1. The molecule has 0 fully saturated rings. The predicted octanol–water partition coefficient (Wildman–Crippen LogP) is 2.53. The second-order valence-corrected chi connectivity index (χ2v) is 5.17. The lowest BCUT2D eigenvalue weighted by Crippen LogP contribution is -2.11. The quantitative estimate of drug-likeness (QED) is 0.531. The van der Waals surface area contributed by atoms with Crippen LogP contribution in [-0.4, -0.2) is 20.8 Å². The minimum absolute atomic E-state index is 0.0168. The maximum absolute atomic E-state index is 12.0. The summed E-state index contributed by atoms with van der Waals surface area (Å²) in [6, 6.07) is 5.97. The number of non-ortho nitro benzene ring substituents is 1. The fraction of sp³-hybridized carbons (Fsp3) is 0.188. The SMILES string of the molecule is O=C(/C=C\c1ccc([N+](=O)[O-])cc1)Nc1ncnc2c1CCC2. The average molecular weight is 310 g/mol. The molecular formula is C16H14N4O3. The van der Waals surface area contributed by atoms with Crippen molar-refractivity contribution < 1.29 is 9.72 Å². The molecule has 23 heavy (non-hydrogen) atoms. The molecule has 0 radical (unpaired) electrons. The van der Waals surface area contributed by atoms with E-state index in [-0.39, 0.29) is 11.6 Å². The molecular weight excluding hydrogens is 296 g/mol. The van der Waals surface area contributed by atoms with Crippen LogP contribution in [-0.2, 0) is 17.6 Å². The van der Waals surface area contributed by atoms with Gasteiger partial charge in [-0.3, -0.25) is 14.9 Å². The van der Waals surface area contributed by atoms with Gasteiger partial charge in [0.15, 0.2) is 0 Å². The summed E-state index contributed by atoms with van der Waals surface area (Å²) in [6.45, 7) is 0. The minimum atomic E-state index is -0.462. The van der Waals surface area contributed by atoms with Crippen molar-refractivity contribution in [1.82, 2.24) is 9.97 Å². The van der Waals surface area contributed by atoms with E-state index < -0.39 is 4.92 Å². The standard InChI is InChI=1S/C16H14N4O3/c21-15(9-6-11-4-7-12(8-5-11)20(22)23)19-16-13-2-1-3-14(13)17-10-18-16/h4-10H,1-3H2,(H,17,18,19,21)/b9-6-. The van der Waals surface area contributed by atoms with Crippen LogP contribution in [0.5, 0.6) is 0 Å². The second-order valence-electron chi connectivity index (χ2n) is 5.17. The van der Waals surface area contributed by atoms with Gasteiger partial charge < -0.3 is 5.32 Å². The highest BCUT2D eigenvalue weighted by Crippen LogP contribution is 2.25. The van der Waals surface area contributed by atoms with E-state index in [0.29, 0.717) is 11.4 Å². The van der Waals surface area contributed by atoms with Crippen LogP contribution in [0, 0.1) is 10.1 Å². The Morgan fingerprint density at radius 3 is 2.74 bits per heavy atom. The zero-order valence-corrected chi connectivity index (χ0v) is 12.2. The summed E-state index contributed by atoms with van der Waals surface area (Å²) in [4.78, 5) is 30.4. The van der Waals surface area contributed by atoms with Crippen LogP contribution < -0.4 is 5.32 Å². The van der Waals surface area contributed by atoms with E-state index in [9.17, 15) is 14.9 Å². The lowest BCUT2D eigenvalue weighted by atomic mass is 10.2. The van der Waals surface area contributed by atoms with Crippen molar-refractivity contribution in [3.63, 3.8) is 0 Å². The number of hydrogen-bond acceptors (Lipinski definition) is 5. The van der Waals surface area contributed by atoms with E-state index >= 15 is 0 Å². The van der Waals surface area contributed by atoms with Crippen LogP contribution in [0.25, 0.3) is 6.08 Å². The van der Waals surface area contributed by atoms with Crippen molar-refractivity contribution in [2.45, 2.75) is 19.3 Å². The number of nitrogens with one attached hydrogen (secondary N) is 1. The van der Waals surface area contributed by atoms with Gasteiger partial charge in [0.1, 0.15) is 12.1 Å². The highest BCUT2D eigenvalue weighted by Gasteiger charge is 2.17. The van der Waals surface area contributed by atoms with Gasteiger partial charge in [-0.15, -0.1) is 0 Å². The number of nitro groups is 1. The average Bonchev–Trinajstić information content (AvgIpc) is 3.03. The van der Waals surface area contributed by atoms with Gasteiger partial charge in [0.05, 0.1) is 4.92 Å². The highest BCUT2D eigenvalue weighted by atomic mass is 16.6. The molecule has 7 nitrogen and oxygen atoms in total. The normalized spacial score (nSPS) is 13.0. The van der Waals surface area contributed by atoms with Crippen LogP contribution in [0.15, 0.2) is 36.7 Å². The Morgan fingerprint density at radius 1 is 1.22 bits per heavy atom. The summed E-state index contributed by atoms with van der Waals surface area (Å²) in [5.41, 5.74) is 2.72. The number of rotatable bonds is 4. The van der Waals surface area contributed by atoms with Crippen molar-refractivity contribution in [1.29, 1.82) is 0 Å². The number of aromatic nitrogens is 2. The molecule has 0 bridgehead atoms.